The van der Waals surface area contributed by atoms with Crippen molar-refractivity contribution < 1.29 is 19.1 Å². The summed E-state index contributed by atoms with van der Waals surface area (Å²) in [6, 6.07) is 8.91. The summed E-state index contributed by atoms with van der Waals surface area (Å²) in [5, 5.41) is 2.60. The minimum absolute atomic E-state index is 0.00554. The van der Waals surface area contributed by atoms with Gasteiger partial charge >= 0.3 is 5.97 Å². The molecule has 0 unspecified atom stereocenters. The van der Waals surface area contributed by atoms with E-state index in [1.807, 2.05) is 30.5 Å². The number of aromatic nitrogens is 1. The van der Waals surface area contributed by atoms with Crippen molar-refractivity contribution in [1.82, 2.24) is 14.8 Å². The fraction of sp³-hybridized carbons (Fsp3) is 0.182. The number of ether oxygens (including phenoxy) is 1. The van der Waals surface area contributed by atoms with Crippen molar-refractivity contribution in [2.75, 3.05) is 13.7 Å². The Morgan fingerprint density at radius 2 is 2.00 bits per heavy atom. The standard InChI is InChI=1S/C22H21N3O4S/c1-5-9-24-20(27)18(19(26)23-22(24)30)12-16-10-13(2)25(14(16)3)17-8-6-7-15(11-17)21(28)29-4/h5-8,10-12H,1,9H2,2-4H3,(H,23,26,30)/b18-12+. The van der Waals surface area contributed by atoms with Gasteiger partial charge < -0.3 is 9.30 Å². The Balaban J connectivity index is 2.05. The molecule has 1 N–H and O–H groups in total. The molecule has 0 spiro atoms. The largest absolute Gasteiger partial charge is 0.465 e. The molecule has 1 aliphatic rings. The van der Waals surface area contributed by atoms with Gasteiger partial charge in [-0.2, -0.15) is 0 Å². The maximum absolute atomic E-state index is 12.8. The van der Waals surface area contributed by atoms with Gasteiger partial charge in [-0.05, 0) is 62.0 Å². The third-order valence-electron chi connectivity index (χ3n) is 4.79. The first-order chi connectivity index (χ1) is 14.3. The van der Waals surface area contributed by atoms with Crippen LogP contribution < -0.4 is 5.32 Å². The van der Waals surface area contributed by atoms with Crippen LogP contribution in [0.2, 0.25) is 0 Å². The number of thiocarbonyl (C=S) groups is 1. The molecule has 1 fully saturated rings. The summed E-state index contributed by atoms with van der Waals surface area (Å²) < 4.78 is 6.73. The molecular weight excluding hydrogens is 402 g/mol. The van der Waals surface area contributed by atoms with Crippen molar-refractivity contribution >= 4 is 41.2 Å². The molecule has 1 aromatic heterocycles. The maximum atomic E-state index is 12.8. The summed E-state index contributed by atoms with van der Waals surface area (Å²) in [6.45, 7) is 7.60. The zero-order valence-corrected chi connectivity index (χ0v) is 17.7. The smallest absolute Gasteiger partial charge is 0.337 e. The van der Waals surface area contributed by atoms with Crippen molar-refractivity contribution in [2.45, 2.75) is 13.8 Å². The van der Waals surface area contributed by atoms with E-state index in [0.717, 1.165) is 17.1 Å². The van der Waals surface area contributed by atoms with Gasteiger partial charge in [-0.25, -0.2) is 4.79 Å². The molecular formula is C22H21N3O4S. The molecule has 2 aromatic rings. The van der Waals surface area contributed by atoms with Crippen LogP contribution in [0.5, 0.6) is 0 Å². The highest BCUT2D eigenvalue weighted by molar-refractivity contribution is 7.80. The van der Waals surface area contributed by atoms with Crippen LogP contribution in [0.15, 0.2) is 48.6 Å². The average Bonchev–Trinajstić information content (AvgIpc) is 3.00. The molecule has 7 nitrogen and oxygen atoms in total. The predicted molar refractivity (Wildman–Crippen MR) is 117 cm³/mol. The Bertz CT molecular complexity index is 1110. The lowest BCUT2D eigenvalue weighted by molar-refractivity contribution is -0.128. The van der Waals surface area contributed by atoms with E-state index in [-0.39, 0.29) is 17.2 Å². The number of nitrogens with zero attached hydrogens (tertiary/aromatic N) is 2. The number of carbonyl (C=O) groups is 3. The Morgan fingerprint density at radius 3 is 2.67 bits per heavy atom. The molecule has 1 saturated heterocycles. The summed E-state index contributed by atoms with van der Waals surface area (Å²) in [4.78, 5) is 38.3. The molecule has 30 heavy (non-hydrogen) atoms. The van der Waals surface area contributed by atoms with Gasteiger partial charge in [0.1, 0.15) is 5.57 Å². The highest BCUT2D eigenvalue weighted by Crippen LogP contribution is 2.25. The van der Waals surface area contributed by atoms with Gasteiger partial charge in [0, 0.05) is 23.6 Å². The Hall–Kier alpha value is -3.52. The van der Waals surface area contributed by atoms with E-state index in [9.17, 15) is 14.4 Å². The van der Waals surface area contributed by atoms with Crippen LogP contribution in [-0.4, -0.2) is 46.0 Å². The van der Waals surface area contributed by atoms with E-state index in [4.69, 9.17) is 17.0 Å². The van der Waals surface area contributed by atoms with Gasteiger partial charge in [-0.3, -0.25) is 19.8 Å². The highest BCUT2D eigenvalue weighted by atomic mass is 32.1. The van der Waals surface area contributed by atoms with Gasteiger partial charge in [0.2, 0.25) is 0 Å². The molecule has 1 aromatic carbocycles. The summed E-state index contributed by atoms with van der Waals surface area (Å²) in [5.41, 5.74) is 3.59. The maximum Gasteiger partial charge on any atom is 0.337 e. The van der Waals surface area contributed by atoms with Crippen LogP contribution in [-0.2, 0) is 14.3 Å². The van der Waals surface area contributed by atoms with Crippen molar-refractivity contribution in [3.05, 3.63) is 71.1 Å². The van der Waals surface area contributed by atoms with E-state index in [1.165, 1.54) is 12.0 Å². The lowest BCUT2D eigenvalue weighted by Gasteiger charge is -2.27. The molecule has 154 valence electrons. The predicted octanol–water partition coefficient (Wildman–Crippen LogP) is 2.69. The minimum atomic E-state index is -0.539. The van der Waals surface area contributed by atoms with E-state index in [1.54, 1.807) is 30.4 Å². The molecule has 2 heterocycles. The lowest BCUT2D eigenvalue weighted by atomic mass is 10.1. The second kappa shape index (κ2) is 8.46. The number of hydrogen-bond donors (Lipinski definition) is 1. The Morgan fingerprint density at radius 1 is 1.27 bits per heavy atom. The van der Waals surface area contributed by atoms with Crippen LogP contribution in [0.1, 0.15) is 27.3 Å². The first-order valence-corrected chi connectivity index (χ1v) is 9.56. The zero-order chi connectivity index (χ0) is 22.0. The second-order valence-electron chi connectivity index (χ2n) is 6.73. The number of hydrogen-bond acceptors (Lipinski definition) is 5. The van der Waals surface area contributed by atoms with Crippen LogP contribution in [0, 0.1) is 13.8 Å². The molecule has 0 atom stereocenters. The van der Waals surface area contributed by atoms with E-state index in [0.29, 0.717) is 11.1 Å². The van der Waals surface area contributed by atoms with Crippen molar-refractivity contribution in [3.63, 3.8) is 0 Å². The number of benzene rings is 1. The van der Waals surface area contributed by atoms with Crippen molar-refractivity contribution in [1.29, 1.82) is 0 Å². The quantitative estimate of drug-likeness (QED) is 0.263. The monoisotopic (exact) mass is 423 g/mol. The highest BCUT2D eigenvalue weighted by Gasteiger charge is 2.32. The molecule has 2 amide bonds. The van der Waals surface area contributed by atoms with Crippen molar-refractivity contribution in [3.8, 4) is 5.69 Å². The second-order valence-corrected chi connectivity index (χ2v) is 7.11. The van der Waals surface area contributed by atoms with E-state index < -0.39 is 17.8 Å². The number of carbonyl (C=O) groups excluding carboxylic acids is 3. The van der Waals surface area contributed by atoms with Crippen LogP contribution >= 0.6 is 12.2 Å². The summed E-state index contributed by atoms with van der Waals surface area (Å²) in [6.07, 6.45) is 3.10. The van der Waals surface area contributed by atoms with Crippen LogP contribution in [0.25, 0.3) is 11.8 Å². The summed E-state index contributed by atoms with van der Waals surface area (Å²) in [5.74, 6) is -1.44. The molecule has 1 aliphatic heterocycles. The topological polar surface area (TPSA) is 80.6 Å². The Kier molecular flexibility index (Phi) is 5.98. The number of aryl methyl sites for hydroxylation is 1. The minimum Gasteiger partial charge on any atom is -0.465 e. The number of rotatable bonds is 5. The SMILES string of the molecule is C=CCN1C(=O)/C(=C/c2cc(C)n(-c3cccc(C(=O)OC)c3)c2C)C(=O)NC1=S. The van der Waals surface area contributed by atoms with Gasteiger partial charge in [0.05, 0.1) is 12.7 Å². The molecule has 0 saturated carbocycles. The third kappa shape index (κ3) is 3.81. The summed E-state index contributed by atoms with van der Waals surface area (Å²) in [7, 11) is 1.33. The van der Waals surface area contributed by atoms with E-state index >= 15 is 0 Å². The molecule has 0 radical (unpaired) electrons. The van der Waals surface area contributed by atoms with Gasteiger partial charge in [0.25, 0.3) is 11.8 Å². The van der Waals surface area contributed by atoms with Crippen molar-refractivity contribution in [2.24, 2.45) is 0 Å². The fourth-order valence-corrected chi connectivity index (χ4v) is 3.62. The number of nitrogens with one attached hydrogen (secondary N) is 1. The molecule has 8 heteroatoms. The molecule has 0 aliphatic carbocycles. The first-order valence-electron chi connectivity index (χ1n) is 9.16. The van der Waals surface area contributed by atoms with Gasteiger partial charge in [-0.1, -0.05) is 12.1 Å². The number of esters is 1. The van der Waals surface area contributed by atoms with Crippen LogP contribution in [0.4, 0.5) is 0 Å². The average molecular weight is 423 g/mol. The number of amides is 2. The molecule has 3 rings (SSSR count). The van der Waals surface area contributed by atoms with E-state index in [2.05, 4.69) is 11.9 Å². The first kappa shape index (κ1) is 21.2. The van der Waals surface area contributed by atoms with Gasteiger partial charge in [-0.15, -0.1) is 6.58 Å². The Labute approximate surface area is 179 Å². The fourth-order valence-electron chi connectivity index (χ4n) is 3.37. The normalized spacial score (nSPS) is 15.4. The van der Waals surface area contributed by atoms with Crippen LogP contribution in [0.3, 0.4) is 0 Å². The third-order valence-corrected chi connectivity index (χ3v) is 5.12. The number of methoxy groups -OCH3 is 1. The van der Waals surface area contributed by atoms with Gasteiger partial charge in [0.15, 0.2) is 5.11 Å². The zero-order valence-electron chi connectivity index (χ0n) is 16.9. The molecule has 0 bridgehead atoms. The lowest BCUT2D eigenvalue weighted by Crippen LogP contribution is -2.53. The summed E-state index contributed by atoms with van der Waals surface area (Å²) >= 11 is 5.08.